The van der Waals surface area contributed by atoms with E-state index in [9.17, 15) is 4.79 Å². The second kappa shape index (κ2) is 5.57. The van der Waals surface area contributed by atoms with Crippen molar-refractivity contribution in [3.63, 3.8) is 0 Å². The average Bonchev–Trinajstić information content (AvgIpc) is 3.15. The number of hydrogen-bond acceptors (Lipinski definition) is 4. The van der Waals surface area contributed by atoms with Gasteiger partial charge in [-0.05, 0) is 23.3 Å². The number of thioether (sulfide) groups is 1. The molecule has 5 heteroatoms. The van der Waals surface area contributed by atoms with Gasteiger partial charge >= 0.3 is 0 Å². The summed E-state index contributed by atoms with van der Waals surface area (Å²) >= 11 is 1.66. The summed E-state index contributed by atoms with van der Waals surface area (Å²) in [5.41, 5.74) is 2.22. The summed E-state index contributed by atoms with van der Waals surface area (Å²) in [5.74, 6) is 2.23. The predicted molar refractivity (Wildman–Crippen MR) is 84.8 cm³/mol. The molecule has 0 aromatic heterocycles. The number of rotatable bonds is 3. The van der Waals surface area contributed by atoms with Gasteiger partial charge in [0.1, 0.15) is 5.37 Å². The van der Waals surface area contributed by atoms with Crippen molar-refractivity contribution in [2.24, 2.45) is 0 Å². The van der Waals surface area contributed by atoms with Gasteiger partial charge in [-0.15, -0.1) is 11.8 Å². The zero-order chi connectivity index (χ0) is 14.9. The highest BCUT2D eigenvalue weighted by Crippen LogP contribution is 2.43. The molecule has 1 unspecified atom stereocenters. The molecule has 0 spiro atoms. The first-order chi connectivity index (χ1) is 10.8. The first-order valence-corrected chi connectivity index (χ1v) is 8.21. The summed E-state index contributed by atoms with van der Waals surface area (Å²) in [6.45, 7) is 0.898. The van der Waals surface area contributed by atoms with Crippen molar-refractivity contribution in [3.05, 3.63) is 59.7 Å². The Kier molecular flexibility index (Phi) is 3.42. The number of hydrogen-bond donors (Lipinski definition) is 0. The molecule has 1 amide bonds. The average molecular weight is 313 g/mol. The maximum atomic E-state index is 12.2. The summed E-state index contributed by atoms with van der Waals surface area (Å²) in [7, 11) is 0. The van der Waals surface area contributed by atoms with E-state index in [1.165, 1.54) is 0 Å². The van der Waals surface area contributed by atoms with Crippen LogP contribution in [0.1, 0.15) is 16.5 Å². The monoisotopic (exact) mass is 313 g/mol. The number of benzene rings is 2. The van der Waals surface area contributed by atoms with Crippen LogP contribution in [0.25, 0.3) is 0 Å². The third kappa shape index (κ3) is 2.41. The molecule has 2 aromatic carbocycles. The number of nitrogens with zero attached hydrogens (tertiary/aromatic N) is 1. The second-order valence-corrected chi connectivity index (χ2v) is 6.35. The Balaban J connectivity index is 1.61. The van der Waals surface area contributed by atoms with Crippen molar-refractivity contribution in [3.8, 4) is 11.5 Å². The Hall–Kier alpha value is -2.14. The van der Waals surface area contributed by atoms with Crippen LogP contribution in [-0.4, -0.2) is 23.4 Å². The molecule has 0 aliphatic carbocycles. The molecule has 1 fully saturated rings. The summed E-state index contributed by atoms with van der Waals surface area (Å²) in [6, 6.07) is 16.0. The van der Waals surface area contributed by atoms with Crippen molar-refractivity contribution in [2.75, 3.05) is 12.5 Å². The molecular weight excluding hydrogens is 298 g/mol. The van der Waals surface area contributed by atoms with Gasteiger partial charge in [-0.3, -0.25) is 4.79 Å². The smallest absolute Gasteiger partial charge is 0.234 e. The quantitative estimate of drug-likeness (QED) is 0.872. The Morgan fingerprint density at radius 1 is 1.09 bits per heavy atom. The van der Waals surface area contributed by atoms with Gasteiger partial charge in [-0.2, -0.15) is 0 Å². The van der Waals surface area contributed by atoms with Crippen molar-refractivity contribution in [1.82, 2.24) is 4.90 Å². The van der Waals surface area contributed by atoms with Crippen LogP contribution in [0.5, 0.6) is 11.5 Å². The fraction of sp³-hybridized carbons (Fsp3) is 0.235. The number of fused-ring (bicyclic) bond motifs is 1. The molecule has 0 radical (unpaired) electrons. The van der Waals surface area contributed by atoms with Crippen LogP contribution in [-0.2, 0) is 11.3 Å². The van der Waals surface area contributed by atoms with Gasteiger partial charge in [0.2, 0.25) is 12.7 Å². The molecule has 0 N–H and O–H groups in total. The zero-order valence-electron chi connectivity index (χ0n) is 11.9. The van der Waals surface area contributed by atoms with Gasteiger partial charge in [-0.25, -0.2) is 0 Å². The lowest BCUT2D eigenvalue weighted by Crippen LogP contribution is -2.27. The lowest BCUT2D eigenvalue weighted by atomic mass is 10.1. The molecule has 0 saturated carbocycles. The van der Waals surface area contributed by atoms with Crippen LogP contribution in [0.2, 0.25) is 0 Å². The topological polar surface area (TPSA) is 38.8 Å². The first-order valence-electron chi connectivity index (χ1n) is 7.16. The molecule has 1 atom stereocenters. The molecule has 22 heavy (non-hydrogen) atoms. The molecule has 1 saturated heterocycles. The van der Waals surface area contributed by atoms with E-state index in [0.29, 0.717) is 12.3 Å². The Morgan fingerprint density at radius 3 is 2.77 bits per heavy atom. The normalized spacial score (nSPS) is 19.7. The molecule has 4 nitrogen and oxygen atoms in total. The lowest BCUT2D eigenvalue weighted by molar-refractivity contribution is -0.128. The number of ether oxygens (including phenoxy) is 2. The van der Waals surface area contributed by atoms with Crippen LogP contribution in [0.15, 0.2) is 48.5 Å². The van der Waals surface area contributed by atoms with Crippen molar-refractivity contribution in [1.29, 1.82) is 0 Å². The van der Waals surface area contributed by atoms with Gasteiger partial charge in [0.25, 0.3) is 0 Å². The van der Waals surface area contributed by atoms with Crippen molar-refractivity contribution >= 4 is 17.7 Å². The molecule has 2 aliphatic heterocycles. The minimum absolute atomic E-state index is 0.0298. The third-order valence-electron chi connectivity index (χ3n) is 3.85. The first kappa shape index (κ1) is 13.5. The maximum Gasteiger partial charge on any atom is 0.234 e. The van der Waals surface area contributed by atoms with Crippen molar-refractivity contribution < 1.29 is 14.3 Å². The Morgan fingerprint density at radius 2 is 1.91 bits per heavy atom. The summed E-state index contributed by atoms with van der Waals surface area (Å²) in [6.07, 6.45) is 0. The second-order valence-electron chi connectivity index (χ2n) is 5.28. The Bertz CT molecular complexity index is 704. The fourth-order valence-corrected chi connectivity index (χ4v) is 3.93. The third-order valence-corrected chi connectivity index (χ3v) is 5.10. The minimum Gasteiger partial charge on any atom is -0.454 e. The van der Waals surface area contributed by atoms with Crippen LogP contribution >= 0.6 is 11.8 Å². The Labute approximate surface area is 133 Å². The minimum atomic E-state index is 0.0298. The van der Waals surface area contributed by atoms with Gasteiger partial charge in [0.15, 0.2) is 11.5 Å². The highest BCUT2D eigenvalue weighted by atomic mass is 32.2. The van der Waals surface area contributed by atoms with Crippen molar-refractivity contribution in [2.45, 2.75) is 11.9 Å². The largest absolute Gasteiger partial charge is 0.454 e. The summed E-state index contributed by atoms with van der Waals surface area (Å²) in [4.78, 5) is 14.2. The number of amides is 1. The van der Waals surface area contributed by atoms with Gasteiger partial charge in [-0.1, -0.05) is 36.4 Å². The van der Waals surface area contributed by atoms with Crippen LogP contribution in [0, 0.1) is 0 Å². The van der Waals surface area contributed by atoms with Crippen LogP contribution in [0.4, 0.5) is 0 Å². The molecule has 2 heterocycles. The van der Waals surface area contributed by atoms with E-state index in [1.807, 2.05) is 53.4 Å². The molecule has 4 rings (SSSR count). The van der Waals surface area contributed by atoms with E-state index >= 15 is 0 Å². The van der Waals surface area contributed by atoms with E-state index in [2.05, 4.69) is 0 Å². The van der Waals surface area contributed by atoms with Gasteiger partial charge in [0, 0.05) is 6.54 Å². The highest BCUT2D eigenvalue weighted by molar-refractivity contribution is 8.00. The molecular formula is C17H15NO3S. The number of carbonyl (C=O) groups is 1. The fourth-order valence-electron chi connectivity index (χ4n) is 2.75. The lowest BCUT2D eigenvalue weighted by Gasteiger charge is -2.24. The van der Waals surface area contributed by atoms with Gasteiger partial charge in [0.05, 0.1) is 5.75 Å². The molecule has 2 aromatic rings. The van der Waals surface area contributed by atoms with E-state index in [4.69, 9.17) is 9.47 Å². The molecule has 0 bridgehead atoms. The molecule has 2 aliphatic rings. The van der Waals surface area contributed by atoms with E-state index in [-0.39, 0.29) is 18.1 Å². The summed E-state index contributed by atoms with van der Waals surface area (Å²) < 4.78 is 10.8. The number of carbonyl (C=O) groups excluding carboxylic acids is 1. The predicted octanol–water partition coefficient (Wildman–Crippen LogP) is 3.19. The molecule has 112 valence electrons. The van der Waals surface area contributed by atoms with E-state index in [0.717, 1.165) is 22.6 Å². The van der Waals surface area contributed by atoms with Gasteiger partial charge < -0.3 is 14.4 Å². The SMILES string of the molecule is O=C1CSC(c2ccc3c(c2)OCO3)N1Cc1ccccc1. The highest BCUT2D eigenvalue weighted by Gasteiger charge is 2.33. The van der Waals surface area contributed by atoms with E-state index in [1.54, 1.807) is 11.8 Å². The maximum absolute atomic E-state index is 12.2. The zero-order valence-corrected chi connectivity index (χ0v) is 12.7. The standard InChI is InChI=1S/C17H15NO3S/c19-16-10-22-17(18(16)9-12-4-2-1-3-5-12)13-6-7-14-15(8-13)21-11-20-14/h1-8,17H,9-11H2. The summed E-state index contributed by atoms with van der Waals surface area (Å²) in [5, 5.41) is 0.0298. The van der Waals surface area contributed by atoms with E-state index < -0.39 is 0 Å². The van der Waals surface area contributed by atoms with Crippen LogP contribution < -0.4 is 9.47 Å². The van der Waals surface area contributed by atoms with Crippen LogP contribution in [0.3, 0.4) is 0 Å².